The summed E-state index contributed by atoms with van der Waals surface area (Å²) in [6.45, 7) is 2.86. The van der Waals surface area contributed by atoms with Crippen LogP contribution >= 0.6 is 0 Å². The fraction of sp³-hybridized carbons (Fsp3) is 0.409. The molecule has 7 nitrogen and oxygen atoms in total. The topological polar surface area (TPSA) is 72.0 Å². The van der Waals surface area contributed by atoms with Gasteiger partial charge in [0.1, 0.15) is 6.10 Å². The summed E-state index contributed by atoms with van der Waals surface area (Å²) in [6.07, 6.45) is 3.20. The first-order chi connectivity index (χ1) is 14.2. The second-order valence-corrected chi connectivity index (χ2v) is 7.29. The molecule has 1 aromatic heterocycles. The number of nitrogens with zero attached hydrogens (tertiary/aromatic N) is 3. The van der Waals surface area contributed by atoms with E-state index in [4.69, 9.17) is 9.47 Å². The number of aromatic nitrogens is 1. The maximum Gasteiger partial charge on any atom is 0.253 e. The lowest BCUT2D eigenvalue weighted by atomic mass is 10.0. The van der Waals surface area contributed by atoms with E-state index in [-0.39, 0.29) is 17.9 Å². The molecule has 0 N–H and O–H groups in total. The van der Waals surface area contributed by atoms with Gasteiger partial charge in [-0.1, -0.05) is 12.1 Å². The minimum absolute atomic E-state index is 0.00591. The van der Waals surface area contributed by atoms with Crippen LogP contribution in [-0.4, -0.2) is 72.6 Å². The lowest BCUT2D eigenvalue weighted by Crippen LogP contribution is -2.52. The lowest BCUT2D eigenvalue weighted by molar-refractivity contribution is -0.142. The van der Waals surface area contributed by atoms with Crippen LogP contribution in [0.25, 0.3) is 11.1 Å². The quantitative estimate of drug-likeness (QED) is 0.794. The SMILES string of the molecule is COc1ccc(-c2ccc(C(=O)N3CCN(C(=O)[C@@H]4CCCO4)CC3)cc2)cn1. The molecule has 0 unspecified atom stereocenters. The van der Waals surface area contributed by atoms with Gasteiger partial charge in [-0.2, -0.15) is 0 Å². The summed E-state index contributed by atoms with van der Waals surface area (Å²) in [7, 11) is 1.58. The van der Waals surface area contributed by atoms with E-state index in [1.165, 1.54) is 0 Å². The molecule has 0 bridgehead atoms. The molecule has 2 fully saturated rings. The molecule has 0 aliphatic carbocycles. The number of amides is 2. The number of hydrogen-bond donors (Lipinski definition) is 0. The zero-order valence-electron chi connectivity index (χ0n) is 16.5. The van der Waals surface area contributed by atoms with Crippen molar-refractivity contribution in [1.82, 2.24) is 14.8 Å². The Morgan fingerprint density at radius 1 is 1.00 bits per heavy atom. The summed E-state index contributed by atoms with van der Waals surface area (Å²) in [5.41, 5.74) is 2.60. The molecule has 152 valence electrons. The predicted molar refractivity (Wildman–Crippen MR) is 108 cm³/mol. The Kier molecular flexibility index (Phi) is 5.76. The van der Waals surface area contributed by atoms with E-state index < -0.39 is 0 Å². The van der Waals surface area contributed by atoms with Gasteiger partial charge in [0.15, 0.2) is 0 Å². The Bertz CT molecular complexity index is 853. The van der Waals surface area contributed by atoms with Crippen molar-refractivity contribution in [3.05, 3.63) is 48.2 Å². The number of carbonyl (C=O) groups excluding carboxylic acids is 2. The number of benzene rings is 1. The first-order valence-electron chi connectivity index (χ1n) is 9.96. The Morgan fingerprint density at radius 2 is 1.69 bits per heavy atom. The number of hydrogen-bond acceptors (Lipinski definition) is 5. The third kappa shape index (κ3) is 4.24. The third-order valence-electron chi connectivity index (χ3n) is 5.49. The van der Waals surface area contributed by atoms with E-state index in [9.17, 15) is 9.59 Å². The van der Waals surface area contributed by atoms with Gasteiger partial charge in [0.2, 0.25) is 5.88 Å². The van der Waals surface area contributed by atoms with Gasteiger partial charge in [0, 0.05) is 56.2 Å². The molecule has 1 aromatic carbocycles. The minimum Gasteiger partial charge on any atom is -0.481 e. The Labute approximate surface area is 170 Å². The highest BCUT2D eigenvalue weighted by Crippen LogP contribution is 2.22. The van der Waals surface area contributed by atoms with Crippen molar-refractivity contribution in [2.75, 3.05) is 39.9 Å². The first-order valence-corrected chi connectivity index (χ1v) is 9.96. The van der Waals surface area contributed by atoms with Gasteiger partial charge in [-0.3, -0.25) is 9.59 Å². The third-order valence-corrected chi connectivity index (χ3v) is 5.49. The minimum atomic E-state index is -0.294. The fourth-order valence-electron chi connectivity index (χ4n) is 3.77. The molecule has 3 heterocycles. The van der Waals surface area contributed by atoms with Crippen LogP contribution in [0.15, 0.2) is 42.6 Å². The molecule has 0 radical (unpaired) electrons. The van der Waals surface area contributed by atoms with Gasteiger partial charge in [0.05, 0.1) is 7.11 Å². The number of carbonyl (C=O) groups is 2. The number of piperazine rings is 1. The second kappa shape index (κ2) is 8.61. The molecule has 0 saturated carbocycles. The average Bonchev–Trinajstić information content (AvgIpc) is 3.33. The molecule has 2 aliphatic heterocycles. The van der Waals surface area contributed by atoms with Gasteiger partial charge >= 0.3 is 0 Å². The monoisotopic (exact) mass is 395 g/mol. The van der Waals surface area contributed by atoms with E-state index in [1.54, 1.807) is 13.3 Å². The molecule has 2 aliphatic rings. The van der Waals surface area contributed by atoms with E-state index in [1.807, 2.05) is 46.2 Å². The van der Waals surface area contributed by atoms with E-state index in [0.29, 0.717) is 44.2 Å². The Hall–Kier alpha value is -2.93. The van der Waals surface area contributed by atoms with Crippen LogP contribution < -0.4 is 4.74 Å². The van der Waals surface area contributed by atoms with E-state index in [0.717, 1.165) is 24.0 Å². The fourth-order valence-corrected chi connectivity index (χ4v) is 3.77. The van der Waals surface area contributed by atoms with E-state index in [2.05, 4.69) is 4.98 Å². The molecule has 1 atom stereocenters. The average molecular weight is 395 g/mol. The highest BCUT2D eigenvalue weighted by molar-refractivity contribution is 5.95. The molecule has 2 aromatic rings. The molecule has 29 heavy (non-hydrogen) atoms. The summed E-state index contributed by atoms with van der Waals surface area (Å²) in [4.78, 5) is 33.1. The zero-order chi connectivity index (χ0) is 20.2. The van der Waals surface area contributed by atoms with Crippen LogP contribution in [0.4, 0.5) is 0 Å². The highest BCUT2D eigenvalue weighted by Gasteiger charge is 2.31. The van der Waals surface area contributed by atoms with Gasteiger partial charge < -0.3 is 19.3 Å². The van der Waals surface area contributed by atoms with Crippen LogP contribution in [0.1, 0.15) is 23.2 Å². The van der Waals surface area contributed by atoms with Crippen molar-refractivity contribution in [3.63, 3.8) is 0 Å². The second-order valence-electron chi connectivity index (χ2n) is 7.29. The summed E-state index contributed by atoms with van der Waals surface area (Å²) in [5.74, 6) is 0.623. The molecule has 2 saturated heterocycles. The Balaban J connectivity index is 1.35. The van der Waals surface area contributed by atoms with Gasteiger partial charge in [0.25, 0.3) is 11.8 Å². The molecule has 7 heteroatoms. The van der Waals surface area contributed by atoms with Gasteiger partial charge in [-0.05, 0) is 36.6 Å². The van der Waals surface area contributed by atoms with Crippen LogP contribution in [0.2, 0.25) is 0 Å². The smallest absolute Gasteiger partial charge is 0.253 e. The summed E-state index contributed by atoms with van der Waals surface area (Å²) in [5, 5.41) is 0. The molecule has 2 amide bonds. The van der Waals surface area contributed by atoms with Crippen molar-refractivity contribution >= 4 is 11.8 Å². The predicted octanol–water partition coefficient (Wildman–Crippen LogP) is 2.22. The standard InChI is InChI=1S/C22H25N3O4/c1-28-20-9-8-18(15-23-20)16-4-6-17(7-5-16)21(26)24-10-12-25(13-11-24)22(27)19-3-2-14-29-19/h4-9,15,19H,2-3,10-14H2,1H3/t19-/m0/s1. The number of methoxy groups -OCH3 is 1. The maximum atomic E-state index is 12.8. The molecule has 0 spiro atoms. The normalized spacial score (nSPS) is 19.3. The van der Waals surface area contributed by atoms with Crippen LogP contribution in [-0.2, 0) is 9.53 Å². The van der Waals surface area contributed by atoms with Crippen molar-refractivity contribution in [3.8, 4) is 17.0 Å². The highest BCUT2D eigenvalue weighted by atomic mass is 16.5. The van der Waals surface area contributed by atoms with Crippen molar-refractivity contribution in [2.45, 2.75) is 18.9 Å². The molecular weight excluding hydrogens is 370 g/mol. The summed E-state index contributed by atoms with van der Waals surface area (Å²) < 4.78 is 10.6. The van der Waals surface area contributed by atoms with Gasteiger partial charge in [-0.15, -0.1) is 0 Å². The zero-order valence-corrected chi connectivity index (χ0v) is 16.5. The number of pyridine rings is 1. The van der Waals surface area contributed by atoms with Crippen LogP contribution in [0, 0.1) is 0 Å². The van der Waals surface area contributed by atoms with Crippen molar-refractivity contribution < 1.29 is 19.1 Å². The first kappa shape index (κ1) is 19.4. The Morgan fingerprint density at radius 3 is 2.28 bits per heavy atom. The van der Waals surface area contributed by atoms with E-state index >= 15 is 0 Å². The van der Waals surface area contributed by atoms with Gasteiger partial charge in [-0.25, -0.2) is 4.98 Å². The van der Waals surface area contributed by atoms with Crippen LogP contribution in [0.5, 0.6) is 5.88 Å². The molecular formula is C22H25N3O4. The van der Waals surface area contributed by atoms with Crippen molar-refractivity contribution in [2.24, 2.45) is 0 Å². The number of ether oxygens (including phenoxy) is 2. The lowest BCUT2D eigenvalue weighted by Gasteiger charge is -2.35. The number of rotatable bonds is 4. The molecule has 4 rings (SSSR count). The maximum absolute atomic E-state index is 12.8. The summed E-state index contributed by atoms with van der Waals surface area (Å²) >= 11 is 0. The largest absolute Gasteiger partial charge is 0.481 e. The van der Waals surface area contributed by atoms with Crippen LogP contribution in [0.3, 0.4) is 0 Å². The summed E-state index contributed by atoms with van der Waals surface area (Å²) in [6, 6.07) is 11.3. The van der Waals surface area contributed by atoms with Crippen molar-refractivity contribution in [1.29, 1.82) is 0 Å².